The molecule has 0 bridgehead atoms. The predicted octanol–water partition coefficient (Wildman–Crippen LogP) is 4.45. The van der Waals surface area contributed by atoms with E-state index in [0.29, 0.717) is 17.9 Å². The molecule has 0 saturated carbocycles. The van der Waals surface area contributed by atoms with Gasteiger partial charge in [-0.1, -0.05) is 34.1 Å². The molecule has 0 aromatic heterocycles. The van der Waals surface area contributed by atoms with Crippen molar-refractivity contribution in [2.75, 3.05) is 7.11 Å². The summed E-state index contributed by atoms with van der Waals surface area (Å²) in [5.74, 6) is 0.317. The van der Waals surface area contributed by atoms with Crippen molar-refractivity contribution in [2.24, 2.45) is 0 Å². The molecule has 0 radical (unpaired) electrons. The first kappa shape index (κ1) is 15.0. The number of rotatable bonds is 5. The highest BCUT2D eigenvalue weighted by Gasteiger charge is 2.15. The van der Waals surface area contributed by atoms with E-state index in [1.807, 2.05) is 31.2 Å². The van der Waals surface area contributed by atoms with Crippen molar-refractivity contribution in [3.63, 3.8) is 0 Å². The summed E-state index contributed by atoms with van der Waals surface area (Å²) < 4.78 is 20.2. The number of ether oxygens (including phenoxy) is 1. The van der Waals surface area contributed by atoms with Crippen molar-refractivity contribution >= 4 is 15.9 Å². The van der Waals surface area contributed by atoms with E-state index in [1.165, 1.54) is 6.07 Å². The third-order valence-corrected chi connectivity index (χ3v) is 3.66. The molecule has 0 amide bonds. The maximum absolute atomic E-state index is 13.9. The summed E-state index contributed by atoms with van der Waals surface area (Å²) in [6.45, 7) is 2.59. The first-order valence-corrected chi connectivity index (χ1v) is 7.21. The number of halogens is 2. The molecule has 2 aromatic carbocycles. The Hall–Kier alpha value is -1.39. The number of hydrogen-bond acceptors (Lipinski definition) is 2. The van der Waals surface area contributed by atoms with Gasteiger partial charge in [-0.05, 0) is 36.8 Å². The average Bonchev–Trinajstić information content (AvgIpc) is 2.44. The van der Waals surface area contributed by atoms with Crippen LogP contribution < -0.4 is 10.1 Å². The molecular formula is C16H17BrFNO. The summed E-state index contributed by atoms with van der Waals surface area (Å²) in [4.78, 5) is 0. The number of nitrogens with one attached hydrogen (secondary N) is 1. The molecular weight excluding hydrogens is 321 g/mol. The van der Waals surface area contributed by atoms with Gasteiger partial charge in [-0.25, -0.2) is 4.39 Å². The summed E-state index contributed by atoms with van der Waals surface area (Å²) in [6.07, 6.45) is 0. The van der Waals surface area contributed by atoms with Crippen LogP contribution in [0.3, 0.4) is 0 Å². The number of methoxy groups -OCH3 is 1. The van der Waals surface area contributed by atoms with Gasteiger partial charge in [0.25, 0.3) is 0 Å². The smallest absolute Gasteiger partial charge is 0.131 e. The van der Waals surface area contributed by atoms with Crippen LogP contribution in [0.15, 0.2) is 46.9 Å². The molecule has 1 unspecified atom stereocenters. The molecule has 0 aliphatic heterocycles. The quantitative estimate of drug-likeness (QED) is 0.870. The molecule has 2 nitrogen and oxygen atoms in total. The van der Waals surface area contributed by atoms with Crippen LogP contribution in [0.25, 0.3) is 0 Å². The second kappa shape index (κ2) is 6.86. The van der Waals surface area contributed by atoms with Crippen molar-refractivity contribution in [3.05, 3.63) is 63.9 Å². The highest BCUT2D eigenvalue weighted by Crippen LogP contribution is 2.27. The molecule has 1 atom stereocenters. The lowest BCUT2D eigenvalue weighted by Gasteiger charge is -2.18. The van der Waals surface area contributed by atoms with E-state index < -0.39 is 0 Å². The third kappa shape index (κ3) is 3.58. The molecule has 4 heteroatoms. The Bertz CT molecular complexity index is 588. The van der Waals surface area contributed by atoms with Crippen LogP contribution in [0.5, 0.6) is 5.75 Å². The van der Waals surface area contributed by atoms with E-state index in [4.69, 9.17) is 4.74 Å². The Kier molecular flexibility index (Phi) is 5.15. The van der Waals surface area contributed by atoms with Crippen LogP contribution in [0.2, 0.25) is 0 Å². The summed E-state index contributed by atoms with van der Waals surface area (Å²) >= 11 is 3.44. The minimum atomic E-state index is -0.251. The molecule has 0 fully saturated rings. The molecule has 0 aliphatic rings. The SMILES string of the molecule is COc1cccc(F)c1C(C)NCc1cccc(Br)c1. The van der Waals surface area contributed by atoms with Gasteiger partial charge in [0.05, 0.1) is 7.11 Å². The van der Waals surface area contributed by atoms with Crippen molar-refractivity contribution in [2.45, 2.75) is 19.5 Å². The fraction of sp³-hybridized carbons (Fsp3) is 0.250. The Morgan fingerprint density at radius 2 is 2.00 bits per heavy atom. The van der Waals surface area contributed by atoms with Gasteiger partial charge in [0.1, 0.15) is 11.6 Å². The van der Waals surface area contributed by atoms with Gasteiger partial charge in [0.15, 0.2) is 0 Å². The summed E-state index contributed by atoms with van der Waals surface area (Å²) in [6, 6.07) is 12.8. The summed E-state index contributed by atoms with van der Waals surface area (Å²) in [5, 5.41) is 3.32. The lowest BCUT2D eigenvalue weighted by atomic mass is 10.1. The maximum Gasteiger partial charge on any atom is 0.131 e. The second-order valence-corrected chi connectivity index (χ2v) is 5.50. The molecule has 0 heterocycles. The Morgan fingerprint density at radius 3 is 2.70 bits per heavy atom. The largest absolute Gasteiger partial charge is 0.496 e. The highest BCUT2D eigenvalue weighted by atomic mass is 79.9. The molecule has 0 saturated heterocycles. The number of hydrogen-bond donors (Lipinski definition) is 1. The Labute approximate surface area is 127 Å². The highest BCUT2D eigenvalue weighted by molar-refractivity contribution is 9.10. The van der Waals surface area contributed by atoms with E-state index >= 15 is 0 Å². The van der Waals surface area contributed by atoms with Crippen molar-refractivity contribution < 1.29 is 9.13 Å². The predicted molar refractivity (Wildman–Crippen MR) is 82.3 cm³/mol. The molecule has 20 heavy (non-hydrogen) atoms. The standard InChI is InChI=1S/C16H17BrFNO/c1-11(16-14(18)7-4-8-15(16)20-2)19-10-12-5-3-6-13(17)9-12/h3-9,11,19H,10H2,1-2H3. The molecule has 0 aliphatic carbocycles. The first-order valence-electron chi connectivity index (χ1n) is 6.42. The van der Waals surface area contributed by atoms with Gasteiger partial charge in [-0.15, -0.1) is 0 Å². The molecule has 0 spiro atoms. The Morgan fingerprint density at radius 1 is 1.25 bits per heavy atom. The van der Waals surface area contributed by atoms with Crippen LogP contribution in [0, 0.1) is 5.82 Å². The van der Waals surface area contributed by atoms with Crippen LogP contribution in [0.1, 0.15) is 24.1 Å². The van der Waals surface area contributed by atoms with Gasteiger partial charge in [0.2, 0.25) is 0 Å². The van der Waals surface area contributed by atoms with Crippen molar-refractivity contribution in [3.8, 4) is 5.75 Å². The normalized spacial score (nSPS) is 12.2. The van der Waals surface area contributed by atoms with Gasteiger partial charge in [-0.2, -0.15) is 0 Å². The molecule has 2 rings (SSSR count). The van der Waals surface area contributed by atoms with E-state index in [0.717, 1.165) is 10.0 Å². The van der Waals surface area contributed by atoms with Crippen LogP contribution >= 0.6 is 15.9 Å². The van der Waals surface area contributed by atoms with E-state index in [2.05, 4.69) is 21.2 Å². The van der Waals surface area contributed by atoms with E-state index in [-0.39, 0.29) is 11.9 Å². The minimum absolute atomic E-state index is 0.134. The fourth-order valence-corrected chi connectivity index (χ4v) is 2.58. The second-order valence-electron chi connectivity index (χ2n) is 4.59. The molecule has 106 valence electrons. The van der Waals surface area contributed by atoms with Gasteiger partial charge in [0, 0.05) is 22.6 Å². The maximum atomic E-state index is 13.9. The monoisotopic (exact) mass is 337 g/mol. The van der Waals surface area contributed by atoms with Crippen molar-refractivity contribution in [1.29, 1.82) is 0 Å². The molecule has 1 N–H and O–H groups in total. The van der Waals surface area contributed by atoms with E-state index in [9.17, 15) is 4.39 Å². The number of benzene rings is 2. The minimum Gasteiger partial charge on any atom is -0.496 e. The lowest BCUT2D eigenvalue weighted by molar-refractivity contribution is 0.393. The van der Waals surface area contributed by atoms with Gasteiger partial charge < -0.3 is 10.1 Å². The zero-order valence-electron chi connectivity index (χ0n) is 11.5. The fourth-order valence-electron chi connectivity index (χ4n) is 2.14. The van der Waals surface area contributed by atoms with Crippen LogP contribution in [-0.4, -0.2) is 7.11 Å². The summed E-state index contributed by atoms with van der Waals surface area (Å²) in [7, 11) is 1.55. The van der Waals surface area contributed by atoms with Crippen molar-refractivity contribution in [1.82, 2.24) is 5.32 Å². The first-order chi connectivity index (χ1) is 9.61. The van der Waals surface area contributed by atoms with Gasteiger partial charge in [-0.3, -0.25) is 0 Å². The summed E-state index contributed by atoms with van der Waals surface area (Å²) in [5.41, 5.74) is 1.70. The van der Waals surface area contributed by atoms with Crippen LogP contribution in [-0.2, 0) is 6.54 Å². The van der Waals surface area contributed by atoms with Gasteiger partial charge >= 0.3 is 0 Å². The topological polar surface area (TPSA) is 21.3 Å². The molecule has 2 aromatic rings. The van der Waals surface area contributed by atoms with E-state index in [1.54, 1.807) is 19.2 Å². The Balaban J connectivity index is 2.11. The zero-order valence-corrected chi connectivity index (χ0v) is 13.1. The average molecular weight is 338 g/mol. The van der Waals surface area contributed by atoms with Crippen LogP contribution in [0.4, 0.5) is 4.39 Å². The zero-order chi connectivity index (χ0) is 14.5. The third-order valence-electron chi connectivity index (χ3n) is 3.17. The lowest BCUT2D eigenvalue weighted by Crippen LogP contribution is -2.19.